The number of aromatic nitrogens is 2. The molecule has 0 bridgehead atoms. The molecule has 0 saturated carbocycles. The molecule has 0 saturated heterocycles. The van der Waals surface area contributed by atoms with Crippen molar-refractivity contribution in [2.75, 3.05) is 0 Å². The summed E-state index contributed by atoms with van der Waals surface area (Å²) in [5.74, 6) is -1.04. The summed E-state index contributed by atoms with van der Waals surface area (Å²) >= 11 is 0. The topological polar surface area (TPSA) is 96.3 Å². The summed E-state index contributed by atoms with van der Waals surface area (Å²) in [7, 11) is 1.84. The summed E-state index contributed by atoms with van der Waals surface area (Å²) in [6, 6.07) is -1.35. The van der Waals surface area contributed by atoms with Crippen LogP contribution >= 0.6 is 0 Å². The van der Waals surface area contributed by atoms with E-state index in [-0.39, 0.29) is 0 Å². The van der Waals surface area contributed by atoms with Crippen LogP contribution < -0.4 is 10.6 Å². The normalized spacial score (nSPS) is 12.0. The highest BCUT2D eigenvalue weighted by molar-refractivity contribution is 5.82. The molecule has 1 aromatic heterocycles. The first-order valence-electron chi connectivity index (χ1n) is 6.13. The molecule has 7 nitrogen and oxygen atoms in total. The molecule has 0 aliphatic rings. The van der Waals surface area contributed by atoms with Gasteiger partial charge >= 0.3 is 12.0 Å². The van der Waals surface area contributed by atoms with Gasteiger partial charge in [0.1, 0.15) is 6.04 Å². The highest BCUT2D eigenvalue weighted by atomic mass is 16.4. The van der Waals surface area contributed by atoms with E-state index >= 15 is 0 Å². The molecule has 0 aliphatic heterocycles. The van der Waals surface area contributed by atoms with Crippen LogP contribution in [0.2, 0.25) is 0 Å². The molecule has 1 atom stereocenters. The predicted molar refractivity (Wildman–Crippen MR) is 69.8 cm³/mol. The van der Waals surface area contributed by atoms with Crippen molar-refractivity contribution in [1.82, 2.24) is 20.4 Å². The minimum Gasteiger partial charge on any atom is -0.480 e. The van der Waals surface area contributed by atoms with Gasteiger partial charge in [0.15, 0.2) is 0 Å². The Morgan fingerprint density at radius 2 is 2.05 bits per heavy atom. The highest BCUT2D eigenvalue weighted by Crippen LogP contribution is 2.10. The molecule has 1 aromatic rings. The van der Waals surface area contributed by atoms with Gasteiger partial charge in [0.05, 0.1) is 5.69 Å². The van der Waals surface area contributed by atoms with Crippen LogP contribution in [0.4, 0.5) is 4.79 Å². The fourth-order valence-electron chi connectivity index (χ4n) is 1.79. The maximum atomic E-state index is 11.6. The van der Waals surface area contributed by atoms with E-state index in [4.69, 9.17) is 5.11 Å². The summed E-state index contributed by atoms with van der Waals surface area (Å²) in [5, 5.41) is 18.1. The molecule has 0 fully saturated rings. The van der Waals surface area contributed by atoms with Crippen LogP contribution in [0.15, 0.2) is 0 Å². The van der Waals surface area contributed by atoms with E-state index in [0.717, 1.165) is 17.0 Å². The van der Waals surface area contributed by atoms with Crippen LogP contribution in [0, 0.1) is 13.8 Å². The SMILES string of the molecule is CC[C@@H](NC(=O)NCc1c(C)nn(C)c1C)C(=O)O. The van der Waals surface area contributed by atoms with Crippen molar-refractivity contribution in [1.29, 1.82) is 0 Å². The van der Waals surface area contributed by atoms with Gasteiger partial charge in [-0.05, 0) is 20.3 Å². The van der Waals surface area contributed by atoms with Gasteiger partial charge < -0.3 is 15.7 Å². The lowest BCUT2D eigenvalue weighted by Gasteiger charge is -2.13. The second-order valence-electron chi connectivity index (χ2n) is 4.40. The van der Waals surface area contributed by atoms with Crippen LogP contribution in [0.5, 0.6) is 0 Å². The number of carboxylic acids is 1. The molecule has 1 rings (SSSR count). The van der Waals surface area contributed by atoms with Gasteiger partial charge in [-0.15, -0.1) is 0 Å². The minimum absolute atomic E-state index is 0.327. The number of amides is 2. The largest absolute Gasteiger partial charge is 0.480 e. The summed E-state index contributed by atoms with van der Waals surface area (Å²) in [6.07, 6.45) is 0.341. The lowest BCUT2D eigenvalue weighted by atomic mass is 10.2. The second-order valence-corrected chi connectivity index (χ2v) is 4.40. The first-order valence-corrected chi connectivity index (χ1v) is 6.13. The van der Waals surface area contributed by atoms with Gasteiger partial charge in [-0.2, -0.15) is 5.10 Å². The van der Waals surface area contributed by atoms with Crippen molar-refractivity contribution >= 4 is 12.0 Å². The number of nitrogens with zero attached hydrogens (tertiary/aromatic N) is 2. The van der Waals surface area contributed by atoms with E-state index < -0.39 is 18.0 Å². The molecular formula is C12H20N4O3. The summed E-state index contributed by atoms with van der Waals surface area (Å²) < 4.78 is 1.75. The molecular weight excluding hydrogens is 248 g/mol. The average molecular weight is 268 g/mol. The zero-order valence-electron chi connectivity index (χ0n) is 11.6. The van der Waals surface area contributed by atoms with Crippen LogP contribution in [-0.4, -0.2) is 32.9 Å². The van der Waals surface area contributed by atoms with E-state index in [0.29, 0.717) is 13.0 Å². The van der Waals surface area contributed by atoms with Crippen LogP contribution in [0.25, 0.3) is 0 Å². The third-order valence-corrected chi connectivity index (χ3v) is 3.10. The summed E-state index contributed by atoms with van der Waals surface area (Å²) in [4.78, 5) is 22.4. The number of carboxylic acid groups (broad SMARTS) is 1. The quantitative estimate of drug-likeness (QED) is 0.732. The maximum Gasteiger partial charge on any atom is 0.326 e. The highest BCUT2D eigenvalue weighted by Gasteiger charge is 2.17. The van der Waals surface area contributed by atoms with Crippen LogP contribution in [0.3, 0.4) is 0 Å². The van der Waals surface area contributed by atoms with Gasteiger partial charge in [-0.25, -0.2) is 9.59 Å². The molecule has 7 heteroatoms. The van der Waals surface area contributed by atoms with Crippen molar-refractivity contribution in [3.8, 4) is 0 Å². The maximum absolute atomic E-state index is 11.6. The number of aryl methyl sites for hydroxylation is 2. The Balaban J connectivity index is 2.57. The van der Waals surface area contributed by atoms with E-state index in [1.54, 1.807) is 11.6 Å². The van der Waals surface area contributed by atoms with Gasteiger partial charge in [-0.1, -0.05) is 6.92 Å². The summed E-state index contributed by atoms with van der Waals surface area (Å²) in [6.45, 7) is 5.82. The first-order chi connectivity index (χ1) is 8.86. The van der Waals surface area contributed by atoms with Crippen molar-refractivity contribution < 1.29 is 14.7 Å². The fourth-order valence-corrected chi connectivity index (χ4v) is 1.79. The molecule has 0 unspecified atom stereocenters. The van der Waals surface area contributed by atoms with Gasteiger partial charge in [-0.3, -0.25) is 4.68 Å². The average Bonchev–Trinajstić information content (AvgIpc) is 2.58. The van der Waals surface area contributed by atoms with E-state index in [9.17, 15) is 9.59 Å². The van der Waals surface area contributed by atoms with E-state index in [2.05, 4.69) is 15.7 Å². The number of nitrogens with one attached hydrogen (secondary N) is 2. The van der Waals surface area contributed by atoms with Crippen molar-refractivity contribution in [2.45, 2.75) is 39.8 Å². The van der Waals surface area contributed by atoms with Crippen LogP contribution in [-0.2, 0) is 18.4 Å². The smallest absolute Gasteiger partial charge is 0.326 e. The number of hydrogen-bond acceptors (Lipinski definition) is 3. The second kappa shape index (κ2) is 6.21. The number of hydrogen-bond donors (Lipinski definition) is 3. The zero-order valence-corrected chi connectivity index (χ0v) is 11.6. The number of urea groups is 1. The van der Waals surface area contributed by atoms with Crippen molar-refractivity contribution in [2.24, 2.45) is 7.05 Å². The Bertz CT molecular complexity index is 482. The standard InChI is InChI=1S/C12H20N4O3/c1-5-10(11(17)18)14-12(19)13-6-9-7(2)15-16(4)8(9)3/h10H,5-6H2,1-4H3,(H,17,18)(H2,13,14,19)/t10-/m1/s1. The summed E-state index contributed by atoms with van der Waals surface area (Å²) in [5.41, 5.74) is 2.77. The Kier molecular flexibility index (Phi) is 4.91. The van der Waals surface area contributed by atoms with Gasteiger partial charge in [0.2, 0.25) is 0 Å². The Morgan fingerprint density at radius 1 is 1.42 bits per heavy atom. The monoisotopic (exact) mass is 268 g/mol. The number of carbonyl (C=O) groups is 2. The molecule has 0 aromatic carbocycles. The Labute approximate surface area is 112 Å². The van der Waals surface area contributed by atoms with E-state index in [1.807, 2.05) is 20.9 Å². The van der Waals surface area contributed by atoms with E-state index in [1.165, 1.54) is 0 Å². The molecule has 0 spiro atoms. The molecule has 2 amide bonds. The van der Waals surface area contributed by atoms with Crippen molar-refractivity contribution in [3.63, 3.8) is 0 Å². The molecule has 0 aliphatic carbocycles. The van der Waals surface area contributed by atoms with Crippen molar-refractivity contribution in [3.05, 3.63) is 17.0 Å². The number of carbonyl (C=O) groups excluding carboxylic acids is 1. The zero-order chi connectivity index (χ0) is 14.6. The predicted octanol–water partition coefficient (Wildman–Crippen LogP) is 0.699. The third-order valence-electron chi connectivity index (χ3n) is 3.10. The van der Waals surface area contributed by atoms with Crippen LogP contribution in [0.1, 0.15) is 30.3 Å². The third kappa shape index (κ3) is 3.70. The van der Waals surface area contributed by atoms with Gasteiger partial charge in [0.25, 0.3) is 0 Å². The molecule has 0 radical (unpaired) electrons. The lowest BCUT2D eigenvalue weighted by molar-refractivity contribution is -0.139. The van der Waals surface area contributed by atoms with Gasteiger partial charge in [0, 0.05) is 24.8 Å². The number of rotatable bonds is 5. The minimum atomic E-state index is -1.04. The Morgan fingerprint density at radius 3 is 2.47 bits per heavy atom. The fraction of sp³-hybridized carbons (Fsp3) is 0.583. The number of aliphatic carboxylic acids is 1. The Hall–Kier alpha value is -2.05. The molecule has 106 valence electrons. The molecule has 19 heavy (non-hydrogen) atoms. The first kappa shape index (κ1) is 15.0. The molecule has 1 heterocycles. The molecule has 3 N–H and O–H groups in total. The lowest BCUT2D eigenvalue weighted by Crippen LogP contribution is -2.45.